The number of hydrogen-bond acceptors (Lipinski definition) is 3. The lowest BCUT2D eigenvalue weighted by molar-refractivity contribution is 0.666. The predicted octanol–water partition coefficient (Wildman–Crippen LogP) is 16.5. The molecule has 5 heteroatoms. The van der Waals surface area contributed by atoms with E-state index < -0.39 is 0 Å². The van der Waals surface area contributed by atoms with Gasteiger partial charge in [-0.05, 0) is 104 Å². The number of aromatic nitrogens is 4. The van der Waals surface area contributed by atoms with E-state index in [9.17, 15) is 0 Å². The molecule has 15 aromatic rings. The molecule has 0 aliphatic heterocycles. The van der Waals surface area contributed by atoms with E-state index in [-0.39, 0.29) is 0 Å². The van der Waals surface area contributed by atoms with Crippen molar-refractivity contribution in [3.63, 3.8) is 0 Å². The quantitative estimate of drug-likeness (QED) is 0.162. The van der Waals surface area contributed by atoms with Gasteiger partial charge in [0, 0.05) is 43.4 Å². The summed E-state index contributed by atoms with van der Waals surface area (Å²) < 4.78 is 11.3. The molecule has 0 fully saturated rings. The monoisotopic (exact) mass is 852 g/mol. The van der Waals surface area contributed by atoms with E-state index in [0.29, 0.717) is 5.95 Å². The Balaban J connectivity index is 0.935. The summed E-state index contributed by atoms with van der Waals surface area (Å²) in [7, 11) is 0. The minimum Gasteiger partial charge on any atom is -0.454 e. The van der Waals surface area contributed by atoms with Gasteiger partial charge in [-0.15, -0.1) is 0 Å². The van der Waals surface area contributed by atoms with Crippen LogP contribution in [-0.4, -0.2) is 19.1 Å². The highest BCUT2D eigenvalue weighted by Crippen LogP contribution is 2.45. The highest BCUT2D eigenvalue weighted by molar-refractivity contribution is 6.27. The third kappa shape index (κ3) is 5.31. The largest absolute Gasteiger partial charge is 0.454 e. The van der Waals surface area contributed by atoms with Gasteiger partial charge in [0.2, 0.25) is 5.95 Å². The number of nitrogens with zero attached hydrogens (tertiary/aromatic N) is 4. The summed E-state index contributed by atoms with van der Waals surface area (Å²) in [5, 5.41) is 14.2. The van der Waals surface area contributed by atoms with Crippen LogP contribution in [0.15, 0.2) is 223 Å². The molecule has 11 aromatic carbocycles. The SMILES string of the molecule is c1ccc2cc(-c3cc(-c4ccc5ccccc5c4)nc(-n4c5ccccc5c5cc(-c6ccc7c8c6ccc6cccc(c68)n7-c6cccc7c6oc6ccccc67)ccc54)n3)ccc2c1. The van der Waals surface area contributed by atoms with Crippen LogP contribution in [0.2, 0.25) is 0 Å². The molecule has 0 aliphatic rings. The minimum absolute atomic E-state index is 0.632. The Hall–Kier alpha value is -9.06. The fourth-order valence-corrected chi connectivity index (χ4v) is 11.0. The number of rotatable bonds is 5. The zero-order chi connectivity index (χ0) is 43.7. The summed E-state index contributed by atoms with van der Waals surface area (Å²) >= 11 is 0. The summed E-state index contributed by atoms with van der Waals surface area (Å²) in [4.78, 5) is 10.8. The fourth-order valence-electron chi connectivity index (χ4n) is 11.0. The van der Waals surface area contributed by atoms with E-state index >= 15 is 0 Å². The molecule has 310 valence electrons. The van der Waals surface area contributed by atoms with Crippen molar-refractivity contribution < 1.29 is 4.42 Å². The molecule has 0 atom stereocenters. The maximum atomic E-state index is 6.63. The van der Waals surface area contributed by atoms with E-state index in [0.717, 1.165) is 88.5 Å². The van der Waals surface area contributed by atoms with E-state index in [1.54, 1.807) is 0 Å². The van der Waals surface area contributed by atoms with Gasteiger partial charge in [0.15, 0.2) is 5.58 Å². The third-order valence-corrected chi connectivity index (χ3v) is 14.1. The highest BCUT2D eigenvalue weighted by atomic mass is 16.3. The smallest absolute Gasteiger partial charge is 0.235 e. The van der Waals surface area contributed by atoms with Crippen LogP contribution in [0.25, 0.3) is 143 Å². The van der Waals surface area contributed by atoms with Crippen LogP contribution in [0.4, 0.5) is 0 Å². The summed E-state index contributed by atoms with van der Waals surface area (Å²) in [6.45, 7) is 0. The standard InChI is InChI=1S/C62H36N4O/c1-3-13-40-33-43(25-23-37(40)11-1)51-36-52(44-26-24-38-12-2-4-14-41(38)34-44)64-62(63-51)66-53-19-7-5-16-46(53)50-35-42(28-31-54(50)66)45-30-32-56-60-48(45)29-27-39-15-9-20-55(59(39)60)65(56)57-21-10-18-49-47-17-6-8-22-58(47)67-61(49)57/h1-36H. The van der Waals surface area contributed by atoms with Crippen LogP contribution >= 0.6 is 0 Å². The lowest BCUT2D eigenvalue weighted by atomic mass is 9.94. The average Bonchev–Trinajstić information content (AvgIpc) is 4.06. The molecular weight excluding hydrogens is 817 g/mol. The molecule has 15 rings (SSSR count). The summed E-state index contributed by atoms with van der Waals surface area (Å²) in [6, 6.07) is 78.5. The molecule has 0 radical (unpaired) electrons. The zero-order valence-electron chi connectivity index (χ0n) is 36.0. The third-order valence-electron chi connectivity index (χ3n) is 14.1. The first kappa shape index (κ1) is 36.3. The van der Waals surface area contributed by atoms with Crippen LogP contribution < -0.4 is 0 Å². The molecule has 0 saturated heterocycles. The molecule has 0 spiro atoms. The van der Waals surface area contributed by atoms with Gasteiger partial charge in [-0.2, -0.15) is 0 Å². The molecule has 4 heterocycles. The van der Waals surface area contributed by atoms with Crippen molar-refractivity contribution in [2.75, 3.05) is 0 Å². The van der Waals surface area contributed by atoms with Crippen molar-refractivity contribution in [2.45, 2.75) is 0 Å². The Morgan fingerprint density at radius 2 is 0.910 bits per heavy atom. The van der Waals surface area contributed by atoms with E-state index in [1.165, 1.54) is 48.7 Å². The molecule has 0 N–H and O–H groups in total. The van der Waals surface area contributed by atoms with Gasteiger partial charge >= 0.3 is 0 Å². The first-order valence-electron chi connectivity index (χ1n) is 22.8. The zero-order valence-corrected chi connectivity index (χ0v) is 36.0. The Morgan fingerprint density at radius 1 is 0.328 bits per heavy atom. The van der Waals surface area contributed by atoms with Gasteiger partial charge in [0.05, 0.1) is 39.1 Å². The van der Waals surface area contributed by atoms with Gasteiger partial charge in [-0.1, -0.05) is 158 Å². The molecule has 0 saturated carbocycles. The Bertz CT molecular complexity index is 4430. The maximum absolute atomic E-state index is 6.63. The van der Waals surface area contributed by atoms with Crippen LogP contribution in [0, 0.1) is 0 Å². The van der Waals surface area contributed by atoms with Crippen molar-refractivity contribution >= 4 is 97.9 Å². The molecule has 4 aromatic heterocycles. The van der Waals surface area contributed by atoms with Crippen molar-refractivity contribution in [1.29, 1.82) is 0 Å². The van der Waals surface area contributed by atoms with Crippen molar-refractivity contribution in [3.8, 4) is 45.3 Å². The van der Waals surface area contributed by atoms with Gasteiger partial charge in [-0.25, -0.2) is 9.97 Å². The van der Waals surface area contributed by atoms with Gasteiger partial charge in [-0.3, -0.25) is 4.57 Å². The topological polar surface area (TPSA) is 48.8 Å². The number of para-hydroxylation sites is 3. The lowest BCUT2D eigenvalue weighted by Gasteiger charge is -2.13. The fraction of sp³-hybridized carbons (Fsp3) is 0. The Kier molecular flexibility index (Phi) is 7.44. The number of benzene rings is 11. The van der Waals surface area contributed by atoms with Crippen molar-refractivity contribution in [3.05, 3.63) is 218 Å². The van der Waals surface area contributed by atoms with Crippen LogP contribution in [0.3, 0.4) is 0 Å². The molecule has 67 heavy (non-hydrogen) atoms. The Labute approximate surface area is 383 Å². The lowest BCUT2D eigenvalue weighted by Crippen LogP contribution is -2.04. The molecular formula is C62H36N4O. The molecule has 0 unspecified atom stereocenters. The van der Waals surface area contributed by atoms with Gasteiger partial charge in [0.1, 0.15) is 5.58 Å². The van der Waals surface area contributed by atoms with Crippen molar-refractivity contribution in [1.82, 2.24) is 19.1 Å². The normalized spacial score (nSPS) is 12.2. The molecule has 5 nitrogen and oxygen atoms in total. The number of hydrogen-bond donors (Lipinski definition) is 0. The predicted molar refractivity (Wildman–Crippen MR) is 278 cm³/mol. The van der Waals surface area contributed by atoms with E-state index in [4.69, 9.17) is 14.4 Å². The average molecular weight is 853 g/mol. The van der Waals surface area contributed by atoms with E-state index in [2.05, 4.69) is 221 Å². The summed E-state index contributed by atoms with van der Waals surface area (Å²) in [6.07, 6.45) is 0. The van der Waals surface area contributed by atoms with Crippen LogP contribution in [0.5, 0.6) is 0 Å². The van der Waals surface area contributed by atoms with Crippen molar-refractivity contribution in [2.24, 2.45) is 0 Å². The first-order valence-corrected chi connectivity index (χ1v) is 22.8. The molecule has 0 aliphatic carbocycles. The second-order valence-electron chi connectivity index (χ2n) is 17.7. The van der Waals surface area contributed by atoms with Gasteiger partial charge < -0.3 is 8.98 Å². The maximum Gasteiger partial charge on any atom is 0.235 e. The molecule has 0 amide bonds. The van der Waals surface area contributed by atoms with Crippen LogP contribution in [0.1, 0.15) is 0 Å². The van der Waals surface area contributed by atoms with E-state index in [1.807, 2.05) is 6.07 Å². The second kappa shape index (κ2) is 13.7. The highest BCUT2D eigenvalue weighted by Gasteiger charge is 2.23. The molecule has 0 bridgehead atoms. The number of fused-ring (bicyclic) bond motifs is 8. The van der Waals surface area contributed by atoms with Gasteiger partial charge in [0.25, 0.3) is 0 Å². The minimum atomic E-state index is 0.632. The van der Waals surface area contributed by atoms with Crippen LogP contribution in [-0.2, 0) is 0 Å². The Morgan fingerprint density at radius 3 is 1.70 bits per heavy atom. The number of furan rings is 1. The second-order valence-corrected chi connectivity index (χ2v) is 17.7. The summed E-state index contributed by atoms with van der Waals surface area (Å²) in [5.74, 6) is 0.632. The first-order chi connectivity index (χ1) is 33.2. The summed E-state index contributed by atoms with van der Waals surface area (Å²) in [5.41, 5.74) is 13.4.